The fourth-order valence-electron chi connectivity index (χ4n) is 1.87. The van der Waals surface area contributed by atoms with E-state index in [2.05, 4.69) is 15.8 Å². The standard InChI is InChI=1S/C16H14N4O2S/c1-10-13(8-17)16(19-11(2)21)23-14(10)15(22)20-18-9-12-6-4-3-5-7-12/h3-7,9H,1-2H3,(H,19,21)(H,20,22)/b18-9-. The van der Waals surface area contributed by atoms with Crippen LogP contribution in [0.5, 0.6) is 0 Å². The molecule has 0 bridgehead atoms. The van der Waals surface area contributed by atoms with E-state index in [0.717, 1.165) is 16.9 Å². The molecule has 0 aliphatic heterocycles. The van der Waals surface area contributed by atoms with Crippen LogP contribution in [-0.2, 0) is 4.79 Å². The predicted molar refractivity (Wildman–Crippen MR) is 89.6 cm³/mol. The molecule has 0 radical (unpaired) electrons. The van der Waals surface area contributed by atoms with E-state index in [4.69, 9.17) is 0 Å². The number of hydrogen-bond acceptors (Lipinski definition) is 5. The first-order valence-corrected chi connectivity index (χ1v) is 7.54. The highest BCUT2D eigenvalue weighted by atomic mass is 32.1. The Balaban J connectivity index is 2.16. The largest absolute Gasteiger partial charge is 0.317 e. The van der Waals surface area contributed by atoms with E-state index in [-0.39, 0.29) is 5.91 Å². The Kier molecular flexibility index (Phi) is 5.23. The smallest absolute Gasteiger partial charge is 0.281 e. The number of nitrogens with one attached hydrogen (secondary N) is 2. The first-order chi connectivity index (χ1) is 11.0. The topological polar surface area (TPSA) is 94.3 Å². The zero-order valence-corrected chi connectivity index (χ0v) is 13.4. The molecule has 0 saturated carbocycles. The fraction of sp³-hybridized carbons (Fsp3) is 0.125. The maximum Gasteiger partial charge on any atom is 0.281 e. The second-order valence-corrected chi connectivity index (χ2v) is 5.68. The number of nitriles is 1. The highest BCUT2D eigenvalue weighted by molar-refractivity contribution is 7.18. The van der Waals surface area contributed by atoms with E-state index in [1.54, 1.807) is 6.92 Å². The van der Waals surface area contributed by atoms with Crippen LogP contribution < -0.4 is 10.7 Å². The van der Waals surface area contributed by atoms with Crippen LogP contribution in [0, 0.1) is 18.3 Å². The van der Waals surface area contributed by atoms with Crippen molar-refractivity contribution in [1.29, 1.82) is 5.26 Å². The molecule has 0 aliphatic carbocycles. The van der Waals surface area contributed by atoms with Crippen molar-refractivity contribution in [2.45, 2.75) is 13.8 Å². The second-order valence-electron chi connectivity index (χ2n) is 4.66. The van der Waals surface area contributed by atoms with Gasteiger partial charge in [-0.05, 0) is 18.1 Å². The number of hydrazone groups is 1. The summed E-state index contributed by atoms with van der Waals surface area (Å²) in [6.45, 7) is 3.01. The average Bonchev–Trinajstić information content (AvgIpc) is 2.83. The van der Waals surface area contributed by atoms with Gasteiger partial charge in [0.25, 0.3) is 5.91 Å². The third-order valence-electron chi connectivity index (χ3n) is 2.93. The Labute approximate surface area is 137 Å². The molecule has 2 N–H and O–H groups in total. The molecular formula is C16H14N4O2S. The second kappa shape index (κ2) is 7.33. The molecular weight excluding hydrogens is 312 g/mol. The van der Waals surface area contributed by atoms with Gasteiger partial charge in [0.2, 0.25) is 5.91 Å². The number of benzene rings is 1. The quantitative estimate of drug-likeness (QED) is 0.668. The lowest BCUT2D eigenvalue weighted by atomic mass is 10.1. The Morgan fingerprint density at radius 3 is 2.61 bits per heavy atom. The van der Waals surface area contributed by atoms with E-state index in [9.17, 15) is 14.9 Å². The van der Waals surface area contributed by atoms with Crippen molar-refractivity contribution in [3.8, 4) is 6.07 Å². The summed E-state index contributed by atoms with van der Waals surface area (Å²) in [6.07, 6.45) is 1.53. The summed E-state index contributed by atoms with van der Waals surface area (Å²) in [6, 6.07) is 11.3. The van der Waals surface area contributed by atoms with E-state index >= 15 is 0 Å². The summed E-state index contributed by atoms with van der Waals surface area (Å²) in [7, 11) is 0. The van der Waals surface area contributed by atoms with E-state index in [1.807, 2.05) is 36.4 Å². The molecule has 2 amide bonds. The molecule has 2 aromatic rings. The van der Waals surface area contributed by atoms with Crippen LogP contribution in [0.3, 0.4) is 0 Å². The van der Waals surface area contributed by atoms with Crippen LogP contribution in [0.2, 0.25) is 0 Å². The monoisotopic (exact) mass is 326 g/mol. The molecule has 116 valence electrons. The first-order valence-electron chi connectivity index (χ1n) is 6.72. The van der Waals surface area contributed by atoms with Gasteiger partial charge in [-0.2, -0.15) is 10.4 Å². The van der Waals surface area contributed by atoms with Crippen LogP contribution in [0.4, 0.5) is 5.00 Å². The molecule has 6 nitrogen and oxygen atoms in total. The van der Waals surface area contributed by atoms with Crippen LogP contribution in [0.1, 0.15) is 33.3 Å². The average molecular weight is 326 g/mol. The van der Waals surface area contributed by atoms with Gasteiger partial charge in [0.05, 0.1) is 11.8 Å². The minimum Gasteiger partial charge on any atom is -0.317 e. The molecule has 0 saturated heterocycles. The Morgan fingerprint density at radius 2 is 2.00 bits per heavy atom. The summed E-state index contributed by atoms with van der Waals surface area (Å²) in [5, 5.41) is 16.0. The van der Waals surface area contributed by atoms with Gasteiger partial charge in [0.1, 0.15) is 15.9 Å². The van der Waals surface area contributed by atoms with Crippen molar-refractivity contribution in [1.82, 2.24) is 5.43 Å². The molecule has 0 unspecified atom stereocenters. The third-order valence-corrected chi connectivity index (χ3v) is 4.14. The lowest BCUT2D eigenvalue weighted by Gasteiger charge is -1.98. The number of hydrogen-bond donors (Lipinski definition) is 2. The van der Waals surface area contributed by atoms with E-state index in [0.29, 0.717) is 21.0 Å². The number of carbonyl (C=O) groups excluding carboxylic acids is 2. The zero-order chi connectivity index (χ0) is 16.8. The lowest BCUT2D eigenvalue weighted by molar-refractivity contribution is -0.114. The molecule has 1 heterocycles. The Bertz CT molecular complexity index is 803. The summed E-state index contributed by atoms with van der Waals surface area (Å²) in [5.41, 5.74) is 4.09. The van der Waals surface area contributed by atoms with Crippen molar-refractivity contribution in [3.05, 3.63) is 51.9 Å². The number of nitrogens with zero attached hydrogens (tertiary/aromatic N) is 2. The van der Waals surface area contributed by atoms with Crippen LogP contribution >= 0.6 is 11.3 Å². The number of amides is 2. The third kappa shape index (κ3) is 4.02. The fourth-order valence-corrected chi connectivity index (χ4v) is 2.96. The van der Waals surface area contributed by atoms with Crippen molar-refractivity contribution in [2.75, 3.05) is 5.32 Å². The minimum atomic E-state index is -0.423. The van der Waals surface area contributed by atoms with Gasteiger partial charge in [-0.15, -0.1) is 11.3 Å². The van der Waals surface area contributed by atoms with Gasteiger partial charge >= 0.3 is 0 Å². The van der Waals surface area contributed by atoms with Crippen molar-refractivity contribution in [3.63, 3.8) is 0 Å². The number of anilines is 1. The molecule has 2 rings (SSSR count). The van der Waals surface area contributed by atoms with Crippen LogP contribution in [0.15, 0.2) is 35.4 Å². The van der Waals surface area contributed by atoms with Gasteiger partial charge < -0.3 is 5.32 Å². The minimum absolute atomic E-state index is 0.294. The lowest BCUT2D eigenvalue weighted by Crippen LogP contribution is -2.17. The normalized spacial score (nSPS) is 10.3. The summed E-state index contributed by atoms with van der Waals surface area (Å²) >= 11 is 1.05. The van der Waals surface area contributed by atoms with Gasteiger partial charge in [-0.25, -0.2) is 5.43 Å². The molecule has 1 aromatic heterocycles. The number of rotatable bonds is 4. The molecule has 7 heteroatoms. The SMILES string of the molecule is CC(=O)Nc1sc(C(=O)N/N=C\c2ccccc2)c(C)c1C#N. The maximum absolute atomic E-state index is 12.2. The molecule has 0 aliphatic rings. The summed E-state index contributed by atoms with van der Waals surface area (Å²) in [4.78, 5) is 23.7. The number of thiophene rings is 1. The number of carbonyl (C=O) groups is 2. The predicted octanol–water partition coefficient (Wildman–Crippen LogP) is 2.65. The Morgan fingerprint density at radius 1 is 1.30 bits per heavy atom. The van der Waals surface area contributed by atoms with Crippen molar-refractivity contribution in [2.24, 2.45) is 5.10 Å². The molecule has 1 aromatic carbocycles. The van der Waals surface area contributed by atoms with Gasteiger partial charge in [-0.3, -0.25) is 9.59 Å². The molecule has 23 heavy (non-hydrogen) atoms. The van der Waals surface area contributed by atoms with Crippen molar-refractivity contribution < 1.29 is 9.59 Å². The maximum atomic E-state index is 12.2. The summed E-state index contributed by atoms with van der Waals surface area (Å²) < 4.78 is 0. The zero-order valence-electron chi connectivity index (χ0n) is 12.6. The molecule has 0 fully saturated rings. The van der Waals surface area contributed by atoms with E-state index < -0.39 is 5.91 Å². The molecule has 0 atom stereocenters. The van der Waals surface area contributed by atoms with Crippen molar-refractivity contribution >= 4 is 34.4 Å². The van der Waals surface area contributed by atoms with Gasteiger partial charge in [-0.1, -0.05) is 30.3 Å². The van der Waals surface area contributed by atoms with E-state index in [1.165, 1.54) is 13.1 Å². The van der Waals surface area contributed by atoms with Crippen LogP contribution in [0.25, 0.3) is 0 Å². The molecule has 0 spiro atoms. The van der Waals surface area contributed by atoms with Gasteiger partial charge in [0.15, 0.2) is 0 Å². The van der Waals surface area contributed by atoms with Crippen LogP contribution in [-0.4, -0.2) is 18.0 Å². The van der Waals surface area contributed by atoms with Gasteiger partial charge in [0, 0.05) is 6.92 Å². The highest BCUT2D eigenvalue weighted by Crippen LogP contribution is 2.32. The first kappa shape index (κ1) is 16.4. The highest BCUT2D eigenvalue weighted by Gasteiger charge is 2.20. The Hall–Kier alpha value is -2.98. The summed E-state index contributed by atoms with van der Waals surface area (Å²) in [5.74, 6) is -0.718.